The minimum Gasteiger partial charge on any atom is -0.484 e. The molecule has 7 nitrogen and oxygen atoms in total. The Kier molecular flexibility index (Phi) is 4.44. The van der Waals surface area contributed by atoms with Crippen LogP contribution >= 0.6 is 0 Å². The van der Waals surface area contributed by atoms with Gasteiger partial charge in [-0.1, -0.05) is 18.2 Å². The summed E-state index contributed by atoms with van der Waals surface area (Å²) in [5, 5.41) is 14.9. The van der Waals surface area contributed by atoms with E-state index in [4.69, 9.17) is 4.74 Å². The number of nitrogens with one attached hydrogen (secondary N) is 1. The second kappa shape index (κ2) is 7.20. The van der Waals surface area contributed by atoms with Gasteiger partial charge < -0.3 is 10.1 Å². The summed E-state index contributed by atoms with van der Waals surface area (Å²) in [6.07, 6.45) is 1.52. The van der Waals surface area contributed by atoms with Crippen LogP contribution in [0.25, 0.3) is 16.9 Å². The zero-order valence-corrected chi connectivity index (χ0v) is 14.0. The summed E-state index contributed by atoms with van der Waals surface area (Å²) in [7, 11) is 0. The molecule has 0 atom stereocenters. The number of rotatable bonds is 5. The molecular formula is C19H14FN5O2. The van der Waals surface area contributed by atoms with Gasteiger partial charge in [-0.15, -0.1) is 10.2 Å². The Balaban J connectivity index is 1.44. The lowest BCUT2D eigenvalue weighted by Crippen LogP contribution is -2.20. The number of hydrogen-bond donors (Lipinski definition) is 1. The molecule has 0 saturated carbocycles. The van der Waals surface area contributed by atoms with E-state index < -0.39 is 5.82 Å². The Morgan fingerprint density at radius 1 is 1.11 bits per heavy atom. The number of nitrogens with zero attached hydrogens (tertiary/aromatic N) is 4. The summed E-state index contributed by atoms with van der Waals surface area (Å²) in [5.74, 6) is -0.470. The van der Waals surface area contributed by atoms with Crippen molar-refractivity contribution in [3.05, 3.63) is 72.8 Å². The highest BCUT2D eigenvalue weighted by Crippen LogP contribution is 2.21. The predicted octanol–water partition coefficient (Wildman–Crippen LogP) is 2.95. The van der Waals surface area contributed by atoms with Crippen LogP contribution < -0.4 is 10.1 Å². The van der Waals surface area contributed by atoms with Crippen LogP contribution in [-0.2, 0) is 4.79 Å². The number of anilines is 1. The molecule has 0 aliphatic heterocycles. The van der Waals surface area contributed by atoms with Gasteiger partial charge in [0.05, 0.1) is 5.69 Å². The number of carbonyl (C=O) groups is 1. The van der Waals surface area contributed by atoms with Gasteiger partial charge in [-0.2, -0.15) is 9.61 Å². The molecule has 2 aromatic heterocycles. The fraction of sp³-hybridized carbons (Fsp3) is 0.0526. The first-order chi connectivity index (χ1) is 13.2. The van der Waals surface area contributed by atoms with Crippen molar-refractivity contribution in [1.29, 1.82) is 0 Å². The molecule has 2 heterocycles. The summed E-state index contributed by atoms with van der Waals surface area (Å²) in [6.45, 7) is -0.224. The molecule has 1 N–H and O–H groups in total. The van der Waals surface area contributed by atoms with E-state index in [1.807, 2.05) is 24.3 Å². The van der Waals surface area contributed by atoms with Crippen molar-refractivity contribution in [1.82, 2.24) is 19.8 Å². The van der Waals surface area contributed by atoms with Gasteiger partial charge in [0, 0.05) is 17.3 Å². The van der Waals surface area contributed by atoms with Crippen molar-refractivity contribution in [2.45, 2.75) is 0 Å². The smallest absolute Gasteiger partial charge is 0.262 e. The highest BCUT2D eigenvalue weighted by atomic mass is 19.1. The van der Waals surface area contributed by atoms with Gasteiger partial charge in [-0.05, 0) is 36.4 Å². The van der Waals surface area contributed by atoms with Gasteiger partial charge >= 0.3 is 0 Å². The van der Waals surface area contributed by atoms with Crippen LogP contribution in [0.2, 0.25) is 0 Å². The molecule has 0 aliphatic rings. The first-order valence-electron chi connectivity index (χ1n) is 8.13. The lowest BCUT2D eigenvalue weighted by Gasteiger charge is -2.09. The zero-order chi connectivity index (χ0) is 18.6. The van der Waals surface area contributed by atoms with Crippen molar-refractivity contribution < 1.29 is 13.9 Å². The Morgan fingerprint density at radius 2 is 2.00 bits per heavy atom. The van der Waals surface area contributed by atoms with E-state index in [9.17, 15) is 9.18 Å². The number of benzene rings is 2. The number of fused-ring (bicyclic) bond motifs is 1. The van der Waals surface area contributed by atoms with Crippen molar-refractivity contribution in [2.75, 3.05) is 11.9 Å². The summed E-state index contributed by atoms with van der Waals surface area (Å²) < 4.78 is 20.0. The number of halogens is 1. The van der Waals surface area contributed by atoms with Gasteiger partial charge in [0.2, 0.25) is 0 Å². The van der Waals surface area contributed by atoms with Crippen LogP contribution in [0.5, 0.6) is 5.75 Å². The summed E-state index contributed by atoms with van der Waals surface area (Å²) in [6, 6.07) is 16.6. The van der Waals surface area contributed by atoms with Crippen molar-refractivity contribution >= 4 is 17.2 Å². The molecule has 0 bridgehead atoms. The van der Waals surface area contributed by atoms with E-state index in [1.54, 1.807) is 22.7 Å². The summed E-state index contributed by atoms with van der Waals surface area (Å²) in [5.41, 5.74) is 2.80. The van der Waals surface area contributed by atoms with Crippen molar-refractivity contribution in [2.24, 2.45) is 0 Å². The number of aromatic nitrogens is 4. The quantitative estimate of drug-likeness (QED) is 0.590. The molecule has 0 radical (unpaired) electrons. The topological polar surface area (TPSA) is 81.4 Å². The van der Waals surface area contributed by atoms with Crippen LogP contribution in [0.3, 0.4) is 0 Å². The van der Waals surface area contributed by atoms with Crippen LogP contribution in [0.1, 0.15) is 0 Å². The fourth-order valence-corrected chi connectivity index (χ4v) is 2.54. The largest absolute Gasteiger partial charge is 0.484 e. The Labute approximate surface area is 153 Å². The summed E-state index contributed by atoms with van der Waals surface area (Å²) in [4.78, 5) is 12.1. The molecule has 0 unspecified atom stereocenters. The monoisotopic (exact) mass is 363 g/mol. The molecule has 1 amide bonds. The van der Waals surface area contributed by atoms with E-state index in [1.165, 1.54) is 24.5 Å². The third-order valence-corrected chi connectivity index (χ3v) is 3.77. The molecule has 0 fully saturated rings. The first-order valence-corrected chi connectivity index (χ1v) is 8.13. The number of hydrogen-bond acceptors (Lipinski definition) is 5. The van der Waals surface area contributed by atoms with E-state index in [0.717, 1.165) is 11.3 Å². The van der Waals surface area contributed by atoms with Gasteiger partial charge in [-0.3, -0.25) is 4.79 Å². The average Bonchev–Trinajstić information content (AvgIpc) is 3.14. The minimum absolute atomic E-state index is 0.224. The van der Waals surface area contributed by atoms with Gasteiger partial charge in [-0.25, -0.2) is 4.39 Å². The van der Waals surface area contributed by atoms with Crippen molar-refractivity contribution in [3.8, 4) is 17.0 Å². The standard InChI is InChI=1S/C19H14FN5O2/c20-14-4-2-6-16(10-14)27-11-19(26)22-15-5-1-3-13(9-15)17-7-8-18-23-21-12-25(18)24-17/h1-10,12H,11H2,(H,22,26). The molecule has 8 heteroatoms. The molecule has 134 valence electrons. The molecule has 27 heavy (non-hydrogen) atoms. The van der Waals surface area contributed by atoms with Crippen LogP contribution in [0.15, 0.2) is 67.0 Å². The number of carbonyl (C=O) groups excluding carboxylic acids is 1. The first kappa shape index (κ1) is 16.6. The third-order valence-electron chi connectivity index (χ3n) is 3.77. The molecule has 0 saturated heterocycles. The second-order valence-corrected chi connectivity index (χ2v) is 5.73. The maximum atomic E-state index is 13.1. The zero-order valence-electron chi connectivity index (χ0n) is 14.0. The maximum Gasteiger partial charge on any atom is 0.262 e. The highest BCUT2D eigenvalue weighted by molar-refractivity contribution is 5.92. The molecule has 0 spiro atoms. The van der Waals surface area contributed by atoms with Crippen LogP contribution in [-0.4, -0.2) is 32.3 Å². The van der Waals surface area contributed by atoms with Gasteiger partial charge in [0.1, 0.15) is 17.9 Å². The lowest BCUT2D eigenvalue weighted by atomic mass is 10.1. The Morgan fingerprint density at radius 3 is 2.89 bits per heavy atom. The highest BCUT2D eigenvalue weighted by Gasteiger charge is 2.07. The molecule has 4 rings (SSSR count). The SMILES string of the molecule is O=C(COc1cccc(F)c1)Nc1cccc(-c2ccc3nncn3n2)c1. The van der Waals surface area contributed by atoms with E-state index in [2.05, 4.69) is 20.6 Å². The predicted molar refractivity (Wildman–Crippen MR) is 96.7 cm³/mol. The second-order valence-electron chi connectivity index (χ2n) is 5.73. The third kappa shape index (κ3) is 3.90. The molecule has 4 aromatic rings. The van der Waals surface area contributed by atoms with E-state index in [0.29, 0.717) is 17.1 Å². The normalized spacial score (nSPS) is 10.7. The van der Waals surface area contributed by atoms with E-state index >= 15 is 0 Å². The number of ether oxygens (including phenoxy) is 1. The van der Waals surface area contributed by atoms with Crippen molar-refractivity contribution in [3.63, 3.8) is 0 Å². The minimum atomic E-state index is -0.418. The van der Waals surface area contributed by atoms with Crippen LogP contribution in [0, 0.1) is 5.82 Å². The Hall–Kier alpha value is -3.81. The lowest BCUT2D eigenvalue weighted by molar-refractivity contribution is -0.118. The van der Waals surface area contributed by atoms with Gasteiger partial charge in [0.15, 0.2) is 12.3 Å². The summed E-state index contributed by atoms with van der Waals surface area (Å²) >= 11 is 0. The number of amides is 1. The average molecular weight is 363 g/mol. The van der Waals surface area contributed by atoms with E-state index in [-0.39, 0.29) is 12.5 Å². The van der Waals surface area contributed by atoms with Gasteiger partial charge in [0.25, 0.3) is 5.91 Å². The Bertz CT molecular complexity index is 1110. The molecular weight excluding hydrogens is 349 g/mol. The maximum absolute atomic E-state index is 13.1. The van der Waals surface area contributed by atoms with Crippen LogP contribution in [0.4, 0.5) is 10.1 Å². The molecule has 0 aliphatic carbocycles. The fourth-order valence-electron chi connectivity index (χ4n) is 2.54. The molecule has 2 aromatic carbocycles.